The van der Waals surface area contributed by atoms with Gasteiger partial charge < -0.3 is 14.2 Å². The fourth-order valence-corrected chi connectivity index (χ4v) is 1.94. The molecule has 0 bridgehead atoms. The lowest BCUT2D eigenvalue weighted by Crippen LogP contribution is -2.06. The summed E-state index contributed by atoms with van der Waals surface area (Å²) >= 11 is 0. The minimum absolute atomic E-state index is 0.392. The van der Waals surface area contributed by atoms with Crippen molar-refractivity contribution in [2.45, 2.75) is 51.7 Å². The van der Waals surface area contributed by atoms with Crippen LogP contribution in [0.25, 0.3) is 0 Å². The molecule has 3 nitrogen and oxygen atoms in total. The predicted molar refractivity (Wildman–Crippen MR) is 84.9 cm³/mol. The summed E-state index contributed by atoms with van der Waals surface area (Å²) in [5.74, 6) is 1.28. The van der Waals surface area contributed by atoms with E-state index in [0.717, 1.165) is 26.4 Å². The summed E-state index contributed by atoms with van der Waals surface area (Å²) in [4.78, 5) is 0. The Morgan fingerprint density at radius 2 is 1.38 bits per heavy atom. The Morgan fingerprint density at radius 1 is 0.952 bits per heavy atom. The van der Waals surface area contributed by atoms with E-state index in [1.165, 1.54) is 11.1 Å². The van der Waals surface area contributed by atoms with Crippen LogP contribution in [0.1, 0.15) is 50.7 Å². The van der Waals surface area contributed by atoms with Gasteiger partial charge in [-0.15, -0.1) is 0 Å². The lowest BCUT2D eigenvalue weighted by Gasteiger charge is -2.09. The van der Waals surface area contributed by atoms with Crippen LogP contribution in [0.4, 0.5) is 0 Å². The molecule has 0 N–H and O–H groups in total. The molecular weight excluding hydrogens is 264 g/mol. The normalized spacial score (nSPS) is 23.0. The maximum atomic E-state index is 5.23. The van der Waals surface area contributed by atoms with Gasteiger partial charge in [0.2, 0.25) is 0 Å². The fourth-order valence-electron chi connectivity index (χ4n) is 1.94. The number of ether oxygens (including phenoxy) is 3. The third-order valence-corrected chi connectivity index (χ3v) is 3.66. The SMILES string of the molecule is C(OCC1CO1)C1CO1.CC(C)c1cccc(C(C)C)c1. The monoisotopic (exact) mass is 292 g/mol. The molecule has 3 rings (SSSR count). The second kappa shape index (κ2) is 7.92. The molecule has 2 unspecified atom stereocenters. The van der Waals surface area contributed by atoms with Crippen LogP contribution < -0.4 is 0 Å². The zero-order chi connectivity index (χ0) is 15.2. The summed E-state index contributed by atoms with van der Waals surface area (Å²) < 4.78 is 15.1. The lowest BCUT2D eigenvalue weighted by molar-refractivity contribution is 0.102. The molecule has 2 heterocycles. The van der Waals surface area contributed by atoms with Crippen molar-refractivity contribution in [1.82, 2.24) is 0 Å². The van der Waals surface area contributed by atoms with E-state index in [-0.39, 0.29) is 0 Å². The van der Waals surface area contributed by atoms with E-state index in [9.17, 15) is 0 Å². The quantitative estimate of drug-likeness (QED) is 0.749. The van der Waals surface area contributed by atoms with Crippen molar-refractivity contribution in [1.29, 1.82) is 0 Å². The number of hydrogen-bond acceptors (Lipinski definition) is 3. The Hall–Kier alpha value is -0.900. The average Bonchev–Trinajstić information content (AvgIpc) is 3.34. The standard InChI is InChI=1S/C12H18.C6H10O3/c1-9(2)11-6-5-7-12(8-11)10(3)4;1(5-3-8-5)7-2-6-4-9-6/h5-10H,1-4H3;5-6H,1-4H2. The summed E-state index contributed by atoms with van der Waals surface area (Å²) in [5, 5.41) is 0. The molecule has 1 aromatic carbocycles. The van der Waals surface area contributed by atoms with Crippen LogP contribution >= 0.6 is 0 Å². The molecule has 21 heavy (non-hydrogen) atoms. The molecule has 1 aromatic rings. The molecule has 2 atom stereocenters. The molecule has 0 saturated carbocycles. The third-order valence-electron chi connectivity index (χ3n) is 3.66. The van der Waals surface area contributed by atoms with Crippen molar-refractivity contribution >= 4 is 0 Å². The van der Waals surface area contributed by atoms with E-state index in [2.05, 4.69) is 52.0 Å². The van der Waals surface area contributed by atoms with Crippen LogP contribution in [0.15, 0.2) is 24.3 Å². The van der Waals surface area contributed by atoms with Crippen LogP contribution in [0.2, 0.25) is 0 Å². The van der Waals surface area contributed by atoms with Crippen LogP contribution in [0.5, 0.6) is 0 Å². The van der Waals surface area contributed by atoms with Gasteiger partial charge in [0.05, 0.1) is 26.4 Å². The van der Waals surface area contributed by atoms with Crippen LogP contribution in [-0.2, 0) is 14.2 Å². The van der Waals surface area contributed by atoms with Crippen molar-refractivity contribution < 1.29 is 14.2 Å². The molecule has 0 spiro atoms. The Labute approximate surface area is 128 Å². The highest BCUT2D eigenvalue weighted by molar-refractivity contribution is 5.27. The molecule has 0 radical (unpaired) electrons. The summed E-state index contributed by atoms with van der Waals surface area (Å²) in [6.45, 7) is 12.2. The summed E-state index contributed by atoms with van der Waals surface area (Å²) in [7, 11) is 0. The van der Waals surface area contributed by atoms with E-state index < -0.39 is 0 Å². The second-order valence-electron chi connectivity index (χ2n) is 6.43. The van der Waals surface area contributed by atoms with E-state index in [4.69, 9.17) is 14.2 Å². The first-order valence-electron chi connectivity index (χ1n) is 7.97. The van der Waals surface area contributed by atoms with Gasteiger partial charge in [-0.3, -0.25) is 0 Å². The lowest BCUT2D eigenvalue weighted by atomic mass is 9.96. The fraction of sp³-hybridized carbons (Fsp3) is 0.667. The topological polar surface area (TPSA) is 34.3 Å². The van der Waals surface area contributed by atoms with Crippen molar-refractivity contribution in [2.75, 3.05) is 26.4 Å². The van der Waals surface area contributed by atoms with Crippen molar-refractivity contribution in [3.8, 4) is 0 Å². The van der Waals surface area contributed by atoms with E-state index in [1.54, 1.807) is 0 Å². The zero-order valence-corrected chi connectivity index (χ0v) is 13.7. The zero-order valence-electron chi connectivity index (χ0n) is 13.7. The number of rotatable bonds is 6. The summed E-state index contributed by atoms with van der Waals surface area (Å²) in [5.41, 5.74) is 2.89. The maximum absolute atomic E-state index is 5.23. The van der Waals surface area contributed by atoms with Gasteiger partial charge in [0.15, 0.2) is 0 Å². The molecule has 0 amide bonds. The molecule has 2 aliphatic heterocycles. The van der Waals surface area contributed by atoms with Gasteiger partial charge in [-0.05, 0) is 23.0 Å². The predicted octanol–water partition coefficient (Wildman–Crippen LogP) is 3.73. The van der Waals surface area contributed by atoms with E-state index in [0.29, 0.717) is 24.0 Å². The first kappa shape index (κ1) is 16.5. The Kier molecular flexibility index (Phi) is 6.22. The molecule has 2 fully saturated rings. The van der Waals surface area contributed by atoms with Gasteiger partial charge in [0, 0.05) is 0 Å². The third kappa shape index (κ3) is 6.60. The van der Waals surface area contributed by atoms with Crippen molar-refractivity contribution in [3.63, 3.8) is 0 Å². The van der Waals surface area contributed by atoms with Crippen LogP contribution in [-0.4, -0.2) is 38.6 Å². The molecule has 118 valence electrons. The van der Waals surface area contributed by atoms with Gasteiger partial charge in [0.25, 0.3) is 0 Å². The first-order valence-corrected chi connectivity index (χ1v) is 7.97. The largest absolute Gasteiger partial charge is 0.376 e. The molecule has 2 aliphatic rings. The molecule has 2 saturated heterocycles. The van der Waals surface area contributed by atoms with E-state index in [1.807, 2.05) is 0 Å². The summed E-state index contributed by atoms with van der Waals surface area (Å²) in [6, 6.07) is 8.88. The smallest absolute Gasteiger partial charge is 0.104 e. The van der Waals surface area contributed by atoms with Gasteiger partial charge in [-0.1, -0.05) is 52.0 Å². The highest BCUT2D eigenvalue weighted by atomic mass is 16.6. The van der Waals surface area contributed by atoms with Gasteiger partial charge >= 0.3 is 0 Å². The molecule has 3 heteroatoms. The number of epoxide rings is 2. The number of benzene rings is 1. The molecular formula is C18H28O3. The van der Waals surface area contributed by atoms with Gasteiger partial charge in [-0.25, -0.2) is 0 Å². The maximum Gasteiger partial charge on any atom is 0.104 e. The highest BCUT2D eigenvalue weighted by Crippen LogP contribution is 2.20. The Bertz CT molecular complexity index is 385. The summed E-state index contributed by atoms with van der Waals surface area (Å²) in [6.07, 6.45) is 0.785. The van der Waals surface area contributed by atoms with Crippen molar-refractivity contribution in [3.05, 3.63) is 35.4 Å². The second-order valence-corrected chi connectivity index (χ2v) is 6.43. The average molecular weight is 292 g/mol. The Morgan fingerprint density at radius 3 is 1.71 bits per heavy atom. The van der Waals surface area contributed by atoms with Gasteiger partial charge in [-0.2, -0.15) is 0 Å². The highest BCUT2D eigenvalue weighted by Gasteiger charge is 2.26. The molecule has 0 aromatic heterocycles. The first-order chi connectivity index (χ1) is 10.1. The minimum atomic E-state index is 0.392. The van der Waals surface area contributed by atoms with Crippen LogP contribution in [0.3, 0.4) is 0 Å². The van der Waals surface area contributed by atoms with Crippen molar-refractivity contribution in [2.24, 2.45) is 0 Å². The Balaban J connectivity index is 0.000000159. The molecule has 0 aliphatic carbocycles. The van der Waals surface area contributed by atoms with Gasteiger partial charge in [0.1, 0.15) is 12.2 Å². The minimum Gasteiger partial charge on any atom is -0.376 e. The van der Waals surface area contributed by atoms with Crippen LogP contribution in [0, 0.1) is 0 Å². The van der Waals surface area contributed by atoms with E-state index >= 15 is 0 Å². The number of hydrogen-bond donors (Lipinski definition) is 0.